The summed E-state index contributed by atoms with van der Waals surface area (Å²) in [7, 11) is 0. The Morgan fingerprint density at radius 2 is 1.06 bits per heavy atom. The molecule has 8 atom stereocenters. The molecule has 78 heavy (non-hydrogen) atoms. The number of fused-ring (bicyclic) bond motifs is 4. The van der Waals surface area contributed by atoms with Crippen molar-refractivity contribution in [1.82, 2.24) is 30.4 Å². The number of halogens is 8. The minimum Gasteiger partial charge on any atom is -0.481 e. The van der Waals surface area contributed by atoms with Crippen LogP contribution in [0.2, 0.25) is 10.0 Å². The molecule has 2 aromatic carbocycles. The molecule has 0 aliphatic carbocycles. The predicted octanol–water partition coefficient (Wildman–Crippen LogP) is 9.61. The third kappa shape index (κ3) is 11.8. The van der Waals surface area contributed by atoms with Crippen LogP contribution in [0, 0.1) is 23.5 Å². The van der Waals surface area contributed by atoms with E-state index in [9.17, 15) is 38.2 Å². The zero-order chi connectivity index (χ0) is 55.8. The Kier molecular flexibility index (Phi) is 17.1. The Morgan fingerprint density at radius 3 is 1.40 bits per heavy atom. The highest BCUT2D eigenvalue weighted by molar-refractivity contribution is 7.12. The number of nitrogens with one attached hydrogen (secondary N) is 2. The van der Waals surface area contributed by atoms with Crippen LogP contribution in [-0.2, 0) is 28.7 Å². The Bertz CT molecular complexity index is 2870. The average molecular weight is 1170 g/mol. The first kappa shape index (κ1) is 56.8. The highest BCUT2D eigenvalue weighted by Crippen LogP contribution is 2.51. The smallest absolute Gasteiger partial charge is 0.338 e. The number of ether oxygens (including phenoxy) is 2. The van der Waals surface area contributed by atoms with Gasteiger partial charge in [0, 0.05) is 96.5 Å². The van der Waals surface area contributed by atoms with E-state index in [1.54, 1.807) is 58.9 Å². The molecule has 0 saturated carbocycles. The second-order valence-electron chi connectivity index (χ2n) is 19.7. The van der Waals surface area contributed by atoms with E-state index in [0.717, 1.165) is 0 Å². The number of aromatic nitrogens is 2. The van der Waals surface area contributed by atoms with Gasteiger partial charge in [0.2, 0.25) is 0 Å². The number of carbonyl (C=O) groups is 4. The number of thiazole rings is 2. The van der Waals surface area contributed by atoms with Gasteiger partial charge in [0.05, 0.1) is 46.5 Å². The number of benzene rings is 2. The molecule has 4 bridgehead atoms. The van der Waals surface area contributed by atoms with E-state index in [2.05, 4.69) is 30.6 Å². The molecule has 26 heteroatoms. The molecule has 4 N–H and O–H groups in total. The number of carboxylic acid groups (broad SMARTS) is 2. The zero-order valence-corrected chi connectivity index (χ0v) is 44.9. The molecule has 8 heterocycles. The van der Waals surface area contributed by atoms with Crippen molar-refractivity contribution in [2.75, 3.05) is 26.3 Å². The Balaban J connectivity index is 0.000000190. The molecule has 416 valence electrons. The van der Waals surface area contributed by atoms with Crippen LogP contribution in [-0.4, -0.2) is 128 Å². The molecule has 0 spiro atoms. The van der Waals surface area contributed by atoms with Gasteiger partial charge in [-0.25, -0.2) is 45.9 Å². The van der Waals surface area contributed by atoms with Gasteiger partial charge < -0.3 is 30.3 Å². The van der Waals surface area contributed by atoms with Crippen LogP contribution < -0.4 is 10.6 Å². The predicted molar refractivity (Wildman–Crippen MR) is 277 cm³/mol. The quantitative estimate of drug-likeness (QED) is 0.0609. The van der Waals surface area contributed by atoms with E-state index in [4.69, 9.17) is 32.7 Å². The van der Waals surface area contributed by atoms with Gasteiger partial charge in [-0.05, 0) is 63.5 Å². The fourth-order valence-corrected chi connectivity index (χ4v) is 13.2. The summed E-state index contributed by atoms with van der Waals surface area (Å²) in [4.78, 5) is 70.4. The van der Waals surface area contributed by atoms with Crippen LogP contribution >= 0.6 is 45.9 Å². The topological polar surface area (TPSA) is 208 Å². The molecular formula is C52H52Cl2F6N8O8S2. The van der Waals surface area contributed by atoms with Crippen LogP contribution in [0.5, 0.6) is 0 Å². The lowest BCUT2D eigenvalue weighted by molar-refractivity contribution is -0.140. The maximum absolute atomic E-state index is 15.1. The number of aliphatic carboxylic acids is 2. The number of alkyl halides is 4. The lowest BCUT2D eigenvalue weighted by atomic mass is 9.87. The number of esters is 2. The molecule has 16 nitrogen and oxygen atoms in total. The van der Waals surface area contributed by atoms with Gasteiger partial charge in [-0.15, -0.1) is 22.7 Å². The number of carboxylic acids is 2. The van der Waals surface area contributed by atoms with Gasteiger partial charge in [0.15, 0.2) is 21.7 Å². The van der Waals surface area contributed by atoms with E-state index in [1.807, 2.05) is 0 Å². The van der Waals surface area contributed by atoms with Gasteiger partial charge in [0.1, 0.15) is 23.7 Å². The van der Waals surface area contributed by atoms with Crippen LogP contribution in [0.15, 0.2) is 92.1 Å². The van der Waals surface area contributed by atoms with Gasteiger partial charge in [0.25, 0.3) is 11.8 Å². The number of piperidine rings is 2. The summed E-state index contributed by atoms with van der Waals surface area (Å²) in [6.07, 6.45) is 2.64. The molecule has 0 radical (unpaired) electrons. The summed E-state index contributed by atoms with van der Waals surface area (Å²) in [6, 6.07) is 2.66. The summed E-state index contributed by atoms with van der Waals surface area (Å²) < 4.78 is 100. The Hall–Kier alpha value is -5.92. The fraction of sp³-hybridized carbons (Fsp3) is 0.462. The first-order valence-electron chi connectivity index (χ1n) is 25.1. The highest BCUT2D eigenvalue weighted by atomic mass is 35.5. The van der Waals surface area contributed by atoms with Crippen LogP contribution in [0.3, 0.4) is 0 Å². The van der Waals surface area contributed by atoms with E-state index in [0.29, 0.717) is 34.5 Å². The first-order chi connectivity index (χ1) is 37.2. The minimum atomic E-state index is -3.02. The number of rotatable bonds is 16. The molecule has 2 aromatic heterocycles. The first-order valence-corrected chi connectivity index (χ1v) is 27.6. The maximum atomic E-state index is 15.1. The maximum Gasteiger partial charge on any atom is 0.338 e. The van der Waals surface area contributed by atoms with Crippen molar-refractivity contribution in [2.24, 2.45) is 21.8 Å². The summed E-state index contributed by atoms with van der Waals surface area (Å²) in [5, 5.41) is 28.7. The highest BCUT2D eigenvalue weighted by Gasteiger charge is 2.59. The van der Waals surface area contributed by atoms with Crippen molar-refractivity contribution < 1.29 is 65.2 Å². The van der Waals surface area contributed by atoms with Crippen LogP contribution in [0.4, 0.5) is 26.3 Å². The lowest BCUT2D eigenvalue weighted by Crippen LogP contribution is -2.50. The van der Waals surface area contributed by atoms with E-state index in [-0.39, 0.29) is 108 Å². The van der Waals surface area contributed by atoms with Crippen molar-refractivity contribution in [3.63, 3.8) is 0 Å². The molecular weight excluding hydrogens is 1110 g/mol. The molecule has 4 aromatic rings. The number of nitrogens with zero attached hydrogens (tertiary/aromatic N) is 6. The molecule has 0 amide bonds. The minimum absolute atomic E-state index is 0.0183. The van der Waals surface area contributed by atoms with Gasteiger partial charge in [-0.2, -0.15) is 0 Å². The van der Waals surface area contributed by atoms with Gasteiger partial charge in [-0.1, -0.05) is 47.5 Å². The van der Waals surface area contributed by atoms with Crippen molar-refractivity contribution in [3.05, 3.63) is 125 Å². The van der Waals surface area contributed by atoms with Crippen LogP contribution in [0.25, 0.3) is 0 Å². The van der Waals surface area contributed by atoms with E-state index < -0.39 is 96.4 Å². The largest absolute Gasteiger partial charge is 0.481 e. The van der Waals surface area contributed by atoms with E-state index >= 15 is 17.6 Å². The second kappa shape index (κ2) is 23.4. The molecule has 4 fully saturated rings. The van der Waals surface area contributed by atoms with Crippen molar-refractivity contribution in [1.29, 1.82) is 0 Å². The van der Waals surface area contributed by atoms with Crippen LogP contribution in [0.1, 0.15) is 98.4 Å². The molecule has 4 saturated heterocycles. The normalized spacial score (nSPS) is 26.2. The van der Waals surface area contributed by atoms with Gasteiger partial charge in [-0.3, -0.25) is 29.4 Å². The van der Waals surface area contributed by atoms with E-state index in [1.165, 1.54) is 46.9 Å². The molecule has 2 unspecified atom stereocenters. The monoisotopic (exact) mass is 1160 g/mol. The average Bonchev–Trinajstić information content (AvgIpc) is 4.29. The standard InChI is InChI=1S/2C26H26ClF3N4O4S/c2*1-2-38-25(37)20-17(12-34-14-8-13(10-19(35)36)9-18(34)26(29,30)11-14)32-23(24-31-6-7-39-24)33-22(20)15-4-3-5-16(28)21(15)27/h2*3-7,13-14,18,22H,2,8-12H2,1H3,(H,32,33)(H,35,36)/t13?,14-,18+,22+;13?,14-,18+,22-/m10/s1. The number of hydrogen-bond donors (Lipinski definition) is 4. The molecule has 6 aliphatic heterocycles. The SMILES string of the molecule is CCOC(=O)C1=C(CN2[C@@H]3CC(CC(=O)O)C[C@H]2C(F)(F)C3)NC(c2nccs2)=N[C@H]1c1cccc(F)c1Cl.CCOC(=O)C1=C(CN2[C@H]3CC(CC(=O)O)C[C@@H]2C(F)(F)C3)NC(c2nccs2)=N[C@H]1c1cccc(F)c1Cl. The summed E-state index contributed by atoms with van der Waals surface area (Å²) >= 11 is 15.2. The Morgan fingerprint density at radius 1 is 0.667 bits per heavy atom. The summed E-state index contributed by atoms with van der Waals surface area (Å²) in [5.74, 6) is -11.1. The molecule has 6 aliphatic rings. The second-order valence-corrected chi connectivity index (χ2v) is 22.2. The number of aliphatic imine (C=N–C) groups is 2. The third-order valence-electron chi connectivity index (χ3n) is 14.7. The Labute approximate surface area is 461 Å². The summed E-state index contributed by atoms with van der Waals surface area (Å²) in [6.45, 7) is 3.21. The van der Waals surface area contributed by atoms with Gasteiger partial charge >= 0.3 is 23.9 Å². The van der Waals surface area contributed by atoms with Crippen molar-refractivity contribution in [3.8, 4) is 0 Å². The van der Waals surface area contributed by atoms with Crippen molar-refractivity contribution in [2.45, 2.75) is 113 Å². The summed E-state index contributed by atoms with van der Waals surface area (Å²) in [5.41, 5.74) is 1.09. The van der Waals surface area contributed by atoms with Crippen molar-refractivity contribution >= 4 is 81.4 Å². The number of hydrogen-bond acceptors (Lipinski definition) is 16. The lowest BCUT2D eigenvalue weighted by Gasteiger charge is -2.40. The number of carbonyl (C=O) groups excluding carboxylic acids is 2. The fourth-order valence-electron chi connectivity index (χ4n) is 11.6. The number of amidine groups is 2. The zero-order valence-electron chi connectivity index (χ0n) is 41.7. The third-order valence-corrected chi connectivity index (χ3v) is 17.1. The molecule has 10 rings (SSSR count).